The van der Waals surface area contributed by atoms with Crippen LogP contribution in [0.25, 0.3) is 21.8 Å². The lowest BCUT2D eigenvalue weighted by Gasteiger charge is -2.11. The Balaban J connectivity index is 0.000000191. The fraction of sp³-hybridized carbons (Fsp3) is 0.231. The molecule has 6 nitrogen and oxygen atoms in total. The number of carboxylic acid groups (broad SMARTS) is 2. The van der Waals surface area contributed by atoms with Crippen LogP contribution in [0.5, 0.6) is 0 Å². The molecule has 2 aromatic heterocycles. The average Bonchev–Trinajstić information content (AvgIpc) is 2.78. The van der Waals surface area contributed by atoms with Gasteiger partial charge in [-0.1, -0.05) is 52.1 Å². The van der Waals surface area contributed by atoms with E-state index >= 15 is 0 Å². The summed E-state index contributed by atoms with van der Waals surface area (Å²) in [6.07, 6.45) is 2.42. The van der Waals surface area contributed by atoms with Gasteiger partial charge in [-0.05, 0) is 67.8 Å². The van der Waals surface area contributed by atoms with Gasteiger partial charge < -0.3 is 10.2 Å². The first-order chi connectivity index (χ1) is 16.2. The third kappa shape index (κ3) is 5.62. The molecule has 34 heavy (non-hydrogen) atoms. The zero-order valence-electron chi connectivity index (χ0n) is 19.0. The highest BCUT2D eigenvalue weighted by molar-refractivity contribution is 9.10. The molecule has 0 atom stereocenters. The molecule has 4 rings (SSSR count). The second kappa shape index (κ2) is 11.1. The number of aromatic nitrogens is 2. The Hall–Kier alpha value is -2.84. The van der Waals surface area contributed by atoms with Crippen LogP contribution in [-0.2, 0) is 12.8 Å². The number of carboxylic acids is 2. The van der Waals surface area contributed by atoms with E-state index in [4.69, 9.17) is 0 Å². The minimum atomic E-state index is -0.909. The summed E-state index contributed by atoms with van der Waals surface area (Å²) in [5, 5.41) is 20.0. The fourth-order valence-electron chi connectivity index (χ4n) is 3.89. The molecule has 0 aliphatic carbocycles. The van der Waals surface area contributed by atoms with Gasteiger partial charge in [0.15, 0.2) is 0 Å². The van der Waals surface area contributed by atoms with Gasteiger partial charge in [0.25, 0.3) is 0 Å². The van der Waals surface area contributed by atoms with Crippen LogP contribution in [0, 0.1) is 6.92 Å². The molecule has 0 aliphatic rings. The number of rotatable bonds is 5. The zero-order valence-corrected chi connectivity index (χ0v) is 22.2. The summed E-state index contributed by atoms with van der Waals surface area (Å²) < 4.78 is 1.72. The Bertz CT molecular complexity index is 1400. The molecular formula is C26H24Br2N2O4. The number of hydrogen-bond donors (Lipinski definition) is 2. The number of fused-ring (bicyclic) bond motifs is 2. The molecule has 0 radical (unpaired) electrons. The topological polar surface area (TPSA) is 100 Å². The molecule has 2 heterocycles. The third-order valence-electron chi connectivity index (χ3n) is 5.38. The summed E-state index contributed by atoms with van der Waals surface area (Å²) in [6, 6.07) is 12.7. The number of nitrogens with zero attached hydrogens (tertiary/aromatic N) is 2. The van der Waals surface area contributed by atoms with E-state index in [9.17, 15) is 19.8 Å². The van der Waals surface area contributed by atoms with Crippen LogP contribution in [0.2, 0.25) is 0 Å². The van der Waals surface area contributed by atoms with Crippen LogP contribution in [0.4, 0.5) is 0 Å². The van der Waals surface area contributed by atoms with E-state index in [2.05, 4.69) is 41.8 Å². The molecule has 0 aliphatic heterocycles. The predicted octanol–water partition coefficient (Wildman–Crippen LogP) is 7.21. The van der Waals surface area contributed by atoms with E-state index in [1.165, 1.54) is 0 Å². The van der Waals surface area contributed by atoms with Crippen molar-refractivity contribution in [1.29, 1.82) is 0 Å². The Labute approximate surface area is 214 Å². The van der Waals surface area contributed by atoms with E-state index in [1.807, 2.05) is 51.1 Å². The van der Waals surface area contributed by atoms with Gasteiger partial charge in [0, 0.05) is 31.1 Å². The van der Waals surface area contributed by atoms with Crippen molar-refractivity contribution in [2.75, 3.05) is 0 Å². The van der Waals surface area contributed by atoms with Crippen molar-refractivity contribution in [2.24, 2.45) is 0 Å². The first kappa shape index (κ1) is 25.8. The smallest absolute Gasteiger partial charge is 0.336 e. The van der Waals surface area contributed by atoms with E-state index < -0.39 is 11.9 Å². The number of aryl methyl sites for hydroxylation is 2. The summed E-state index contributed by atoms with van der Waals surface area (Å²) in [7, 11) is 0. The van der Waals surface area contributed by atoms with Crippen molar-refractivity contribution in [3.63, 3.8) is 0 Å². The van der Waals surface area contributed by atoms with Gasteiger partial charge in [0.05, 0.1) is 22.2 Å². The molecule has 176 valence electrons. The lowest BCUT2D eigenvalue weighted by Crippen LogP contribution is -2.07. The maximum absolute atomic E-state index is 11.4. The number of pyridine rings is 2. The summed E-state index contributed by atoms with van der Waals surface area (Å²) in [6.45, 7) is 5.85. The molecule has 0 bridgehead atoms. The van der Waals surface area contributed by atoms with Crippen molar-refractivity contribution in [1.82, 2.24) is 9.97 Å². The molecule has 0 saturated heterocycles. The largest absolute Gasteiger partial charge is 0.478 e. The predicted molar refractivity (Wildman–Crippen MR) is 141 cm³/mol. The van der Waals surface area contributed by atoms with Gasteiger partial charge >= 0.3 is 11.9 Å². The summed E-state index contributed by atoms with van der Waals surface area (Å²) in [5.74, 6) is -1.80. The molecule has 0 unspecified atom stereocenters. The first-order valence-electron chi connectivity index (χ1n) is 10.8. The second-order valence-corrected chi connectivity index (χ2v) is 9.58. The molecule has 0 saturated carbocycles. The molecule has 4 aromatic rings. The van der Waals surface area contributed by atoms with Gasteiger partial charge in [0.1, 0.15) is 0 Å². The van der Waals surface area contributed by atoms with E-state index in [-0.39, 0.29) is 0 Å². The Morgan fingerprint density at radius 1 is 0.853 bits per heavy atom. The standard InChI is InChI=1S/2C13H12BrNO2/c1-3-9-7(2)15-11-5-4-8(14)6-10(11)12(9)13(16)17;1-2-3-9-7-11(13(16)17)10-6-8(14)4-5-12(10)15-9/h4-6H,3H2,1-2H3,(H,16,17);4-7H,2-3H2,1H3,(H,16,17). The number of benzene rings is 2. The molecule has 2 aromatic carbocycles. The highest BCUT2D eigenvalue weighted by Crippen LogP contribution is 2.27. The van der Waals surface area contributed by atoms with Crippen molar-refractivity contribution in [3.8, 4) is 0 Å². The normalized spacial score (nSPS) is 10.7. The summed E-state index contributed by atoms with van der Waals surface area (Å²) in [5.41, 5.74) is 4.58. The van der Waals surface area contributed by atoms with Crippen LogP contribution in [-0.4, -0.2) is 32.1 Å². The first-order valence-corrected chi connectivity index (χ1v) is 12.4. The quantitative estimate of drug-likeness (QED) is 0.256. The van der Waals surface area contributed by atoms with Crippen LogP contribution < -0.4 is 0 Å². The van der Waals surface area contributed by atoms with Crippen LogP contribution in [0.3, 0.4) is 0 Å². The zero-order chi connectivity index (χ0) is 25.0. The molecule has 2 N–H and O–H groups in total. The van der Waals surface area contributed by atoms with Gasteiger partial charge in [-0.2, -0.15) is 0 Å². The van der Waals surface area contributed by atoms with Crippen molar-refractivity contribution in [2.45, 2.75) is 40.0 Å². The van der Waals surface area contributed by atoms with Crippen LogP contribution >= 0.6 is 31.9 Å². The van der Waals surface area contributed by atoms with Crippen molar-refractivity contribution in [3.05, 3.63) is 79.5 Å². The van der Waals surface area contributed by atoms with Gasteiger partial charge in [0.2, 0.25) is 0 Å². The minimum absolute atomic E-state index is 0.319. The van der Waals surface area contributed by atoms with E-state index in [0.29, 0.717) is 28.3 Å². The lowest BCUT2D eigenvalue weighted by atomic mass is 9.99. The maximum Gasteiger partial charge on any atom is 0.336 e. The Kier molecular flexibility index (Phi) is 8.38. The van der Waals surface area contributed by atoms with Gasteiger partial charge in [-0.15, -0.1) is 0 Å². The fourth-order valence-corrected chi connectivity index (χ4v) is 4.61. The molecular weight excluding hydrogens is 564 g/mol. The Morgan fingerprint density at radius 2 is 1.44 bits per heavy atom. The van der Waals surface area contributed by atoms with E-state index in [1.54, 1.807) is 12.1 Å². The van der Waals surface area contributed by atoms with Crippen molar-refractivity contribution >= 4 is 65.6 Å². The number of hydrogen-bond acceptors (Lipinski definition) is 4. The highest BCUT2D eigenvalue weighted by atomic mass is 79.9. The Morgan fingerprint density at radius 3 is 1.97 bits per heavy atom. The molecule has 0 fully saturated rings. The van der Waals surface area contributed by atoms with Crippen LogP contribution in [0.1, 0.15) is 57.9 Å². The summed E-state index contributed by atoms with van der Waals surface area (Å²) in [4.78, 5) is 31.6. The number of carbonyl (C=O) groups is 2. The van der Waals surface area contributed by atoms with Gasteiger partial charge in [-0.25, -0.2) is 9.59 Å². The number of halogens is 2. The minimum Gasteiger partial charge on any atom is -0.478 e. The molecule has 0 amide bonds. The SMILES string of the molecule is CCCc1cc(C(=O)O)c2cc(Br)ccc2n1.CCc1c(C)nc2ccc(Br)cc2c1C(=O)O. The lowest BCUT2D eigenvalue weighted by molar-refractivity contribution is 0.0687. The maximum atomic E-state index is 11.4. The van der Waals surface area contributed by atoms with Gasteiger partial charge in [-0.3, -0.25) is 9.97 Å². The third-order valence-corrected chi connectivity index (χ3v) is 6.37. The highest BCUT2D eigenvalue weighted by Gasteiger charge is 2.17. The van der Waals surface area contributed by atoms with E-state index in [0.717, 1.165) is 49.8 Å². The molecule has 0 spiro atoms. The summed E-state index contributed by atoms with van der Waals surface area (Å²) >= 11 is 6.70. The molecule has 8 heteroatoms. The van der Waals surface area contributed by atoms with Crippen molar-refractivity contribution < 1.29 is 19.8 Å². The average molecular weight is 588 g/mol. The monoisotopic (exact) mass is 586 g/mol. The second-order valence-electron chi connectivity index (χ2n) is 7.75. The number of aromatic carboxylic acids is 2. The van der Waals surface area contributed by atoms with Crippen LogP contribution in [0.15, 0.2) is 51.4 Å².